The van der Waals surface area contributed by atoms with E-state index in [0.717, 1.165) is 0 Å². The Kier molecular flexibility index (Phi) is 4.58. The Morgan fingerprint density at radius 2 is 1.15 bits per heavy atom. The minimum Gasteiger partial charge on any atom is -0.299 e. The van der Waals surface area contributed by atoms with E-state index in [2.05, 4.69) is 5.32 Å². The largest absolute Gasteiger partial charge is 0.299 e. The predicted octanol–water partition coefficient (Wildman–Crippen LogP) is -0.398. The predicted molar refractivity (Wildman–Crippen MR) is 42.7 cm³/mol. The summed E-state index contributed by atoms with van der Waals surface area (Å²) in [5.74, 6) is -2.30. The quantitative estimate of drug-likeness (QED) is 0.556. The fraction of sp³-hybridized carbons (Fsp3) is 0.500. The van der Waals surface area contributed by atoms with Crippen molar-refractivity contribution in [3.8, 4) is 0 Å². The summed E-state index contributed by atoms with van der Waals surface area (Å²) in [5.41, 5.74) is 0. The van der Waals surface area contributed by atoms with Crippen molar-refractivity contribution in [1.82, 2.24) is 5.32 Å². The third-order valence-corrected chi connectivity index (χ3v) is 1.05. The molecule has 5 nitrogen and oxygen atoms in total. The van der Waals surface area contributed by atoms with Crippen molar-refractivity contribution in [1.29, 1.82) is 0 Å². The molecule has 0 aromatic heterocycles. The van der Waals surface area contributed by atoms with E-state index in [1.807, 2.05) is 0 Å². The van der Waals surface area contributed by atoms with Gasteiger partial charge in [-0.2, -0.15) is 5.32 Å². The fourth-order valence-electron chi connectivity index (χ4n) is 0.644. The summed E-state index contributed by atoms with van der Waals surface area (Å²) in [6.45, 7) is 2.45. The van der Waals surface area contributed by atoms with Gasteiger partial charge in [0.05, 0.1) is 12.8 Å². The van der Waals surface area contributed by atoms with Crippen molar-refractivity contribution in [2.45, 2.75) is 26.7 Å². The van der Waals surface area contributed by atoms with Gasteiger partial charge in [-0.15, -0.1) is 0 Å². The van der Waals surface area contributed by atoms with Gasteiger partial charge in [-0.3, -0.25) is 19.2 Å². The zero-order valence-corrected chi connectivity index (χ0v) is 7.49. The molecule has 0 saturated heterocycles. The number of ketones is 2. The molecule has 0 aromatic carbocycles. The van der Waals surface area contributed by atoms with Crippen LogP contribution in [0.25, 0.3) is 0 Å². The van der Waals surface area contributed by atoms with Crippen LogP contribution >= 0.6 is 0 Å². The third kappa shape index (κ3) is 6.86. The molecule has 0 aliphatic carbocycles. The van der Waals surface area contributed by atoms with E-state index in [0.29, 0.717) is 0 Å². The van der Waals surface area contributed by atoms with E-state index in [4.69, 9.17) is 0 Å². The molecule has 0 atom stereocenters. The average molecular weight is 184 g/mol. The monoisotopic (exact) mass is 184 g/mol. The minimum atomic E-state index is -0.793. The van der Waals surface area contributed by atoms with Crippen molar-refractivity contribution >= 4 is 23.4 Å². The molecule has 0 spiro atoms. The first kappa shape index (κ1) is 11.5. The molecule has 0 rings (SSSR count). The van der Waals surface area contributed by atoms with Gasteiger partial charge in [0, 0.05) is 0 Å². The van der Waals surface area contributed by atoms with Crippen molar-refractivity contribution in [2.75, 3.05) is 0 Å². The van der Waals surface area contributed by atoms with E-state index in [-0.39, 0.29) is 24.4 Å². The van der Waals surface area contributed by atoms with Crippen molar-refractivity contribution < 1.29 is 19.2 Å². The molecule has 0 fully saturated rings. The molecule has 1 radical (unpaired) electrons. The average Bonchev–Trinajstić information content (AvgIpc) is 1.80. The summed E-state index contributed by atoms with van der Waals surface area (Å²) in [6.07, 6.45) is -0.771. The number of rotatable bonds is 4. The van der Waals surface area contributed by atoms with E-state index in [1.165, 1.54) is 13.8 Å². The normalized spacial score (nSPS) is 9.08. The Morgan fingerprint density at radius 3 is 1.38 bits per heavy atom. The van der Waals surface area contributed by atoms with Crippen LogP contribution in [-0.4, -0.2) is 23.4 Å². The Bertz CT molecular complexity index is 231. The molecular formula is C8H10NO4. The maximum atomic E-state index is 10.7. The van der Waals surface area contributed by atoms with Gasteiger partial charge < -0.3 is 0 Å². The fourth-order valence-corrected chi connectivity index (χ4v) is 0.644. The van der Waals surface area contributed by atoms with Gasteiger partial charge >= 0.3 is 0 Å². The Hall–Kier alpha value is -1.52. The molecule has 0 aliphatic heterocycles. The number of amides is 2. The van der Waals surface area contributed by atoms with Crippen LogP contribution < -0.4 is 5.32 Å². The molecule has 71 valence electrons. The summed E-state index contributed by atoms with van der Waals surface area (Å²) in [5, 5.41) is 3.04. The highest BCUT2D eigenvalue weighted by Gasteiger charge is 2.13. The summed E-state index contributed by atoms with van der Waals surface area (Å²) in [7, 11) is 0. The van der Waals surface area contributed by atoms with Crippen LogP contribution in [0, 0.1) is 0 Å². The van der Waals surface area contributed by atoms with E-state index >= 15 is 0 Å². The van der Waals surface area contributed by atoms with Gasteiger partial charge in [0.15, 0.2) is 0 Å². The zero-order chi connectivity index (χ0) is 10.4. The molecule has 0 N–H and O–H groups in total. The van der Waals surface area contributed by atoms with Crippen molar-refractivity contribution in [2.24, 2.45) is 0 Å². The van der Waals surface area contributed by atoms with Crippen LogP contribution in [0.2, 0.25) is 0 Å². The van der Waals surface area contributed by atoms with Crippen molar-refractivity contribution in [3.05, 3.63) is 0 Å². The Labute approximate surface area is 75.5 Å². The second-order valence-electron chi connectivity index (χ2n) is 2.66. The summed E-state index contributed by atoms with van der Waals surface area (Å²) in [6, 6.07) is 0. The molecule has 0 saturated carbocycles. The Morgan fingerprint density at radius 1 is 0.846 bits per heavy atom. The zero-order valence-electron chi connectivity index (χ0n) is 7.49. The number of hydrogen-bond acceptors (Lipinski definition) is 4. The second kappa shape index (κ2) is 5.18. The maximum absolute atomic E-state index is 10.7. The molecule has 5 heteroatoms. The summed E-state index contributed by atoms with van der Waals surface area (Å²) < 4.78 is 0. The van der Waals surface area contributed by atoms with Crippen LogP contribution in [0.5, 0.6) is 0 Å². The smallest absolute Gasteiger partial charge is 0.256 e. The van der Waals surface area contributed by atoms with Crippen molar-refractivity contribution in [3.63, 3.8) is 0 Å². The van der Waals surface area contributed by atoms with Crippen LogP contribution in [0.3, 0.4) is 0 Å². The van der Waals surface area contributed by atoms with Crippen LogP contribution in [0.4, 0.5) is 0 Å². The highest BCUT2D eigenvalue weighted by Crippen LogP contribution is 1.87. The van der Waals surface area contributed by atoms with Gasteiger partial charge in [0.1, 0.15) is 11.6 Å². The maximum Gasteiger partial charge on any atom is 0.256 e. The number of imide groups is 1. The van der Waals surface area contributed by atoms with Gasteiger partial charge in [-0.25, -0.2) is 0 Å². The summed E-state index contributed by atoms with van der Waals surface area (Å²) in [4.78, 5) is 42.2. The lowest BCUT2D eigenvalue weighted by Gasteiger charge is -1.95. The number of carbonyl (C=O) groups is 4. The highest BCUT2D eigenvalue weighted by atomic mass is 16.2. The van der Waals surface area contributed by atoms with E-state index in [9.17, 15) is 19.2 Å². The van der Waals surface area contributed by atoms with E-state index in [1.54, 1.807) is 0 Å². The third-order valence-electron chi connectivity index (χ3n) is 1.05. The van der Waals surface area contributed by atoms with E-state index < -0.39 is 11.8 Å². The summed E-state index contributed by atoms with van der Waals surface area (Å²) >= 11 is 0. The van der Waals surface area contributed by atoms with Gasteiger partial charge in [-0.05, 0) is 13.8 Å². The SMILES string of the molecule is CC(=O)CC(=O)[N]C(=O)CC(C)=O. The molecule has 2 amide bonds. The number of carbonyl (C=O) groups excluding carboxylic acids is 4. The standard InChI is InChI=1S/C8H10NO4/c1-5(10)3-7(12)9-8(13)4-6(2)11/h3-4H2,1-2H3. The van der Waals surface area contributed by atoms with Crippen LogP contribution in [-0.2, 0) is 19.2 Å². The van der Waals surface area contributed by atoms with Crippen LogP contribution in [0.1, 0.15) is 26.7 Å². The highest BCUT2D eigenvalue weighted by molar-refractivity contribution is 6.07. The lowest BCUT2D eigenvalue weighted by Crippen LogP contribution is -2.25. The number of hydrogen-bond donors (Lipinski definition) is 0. The molecule has 0 unspecified atom stereocenters. The molecular weight excluding hydrogens is 174 g/mol. The Balaban J connectivity index is 3.85. The number of nitrogens with zero attached hydrogens (tertiary/aromatic N) is 1. The first-order valence-corrected chi connectivity index (χ1v) is 3.68. The second-order valence-corrected chi connectivity index (χ2v) is 2.66. The lowest BCUT2D eigenvalue weighted by molar-refractivity contribution is -0.133. The first-order chi connectivity index (χ1) is 5.91. The minimum absolute atomic E-state index is 0.357. The van der Waals surface area contributed by atoms with Gasteiger partial charge in [0.2, 0.25) is 0 Å². The molecule has 0 heterocycles. The molecule has 0 bridgehead atoms. The first-order valence-electron chi connectivity index (χ1n) is 3.68. The number of Topliss-reactive ketones (excluding diaryl/α,β-unsaturated/α-hetero) is 2. The molecule has 0 aliphatic rings. The lowest BCUT2D eigenvalue weighted by atomic mass is 10.2. The molecule has 0 aromatic rings. The molecule has 13 heavy (non-hydrogen) atoms. The van der Waals surface area contributed by atoms with Gasteiger partial charge in [-0.1, -0.05) is 0 Å². The topological polar surface area (TPSA) is 82.4 Å². The van der Waals surface area contributed by atoms with Crippen LogP contribution in [0.15, 0.2) is 0 Å². The van der Waals surface area contributed by atoms with Gasteiger partial charge in [0.25, 0.3) is 11.8 Å².